The lowest BCUT2D eigenvalue weighted by atomic mass is 9.96. The van der Waals surface area contributed by atoms with Crippen molar-refractivity contribution in [2.75, 3.05) is 13.1 Å². The van der Waals surface area contributed by atoms with Crippen LogP contribution in [0.3, 0.4) is 0 Å². The second kappa shape index (κ2) is 6.52. The molecule has 4 nitrogen and oxygen atoms in total. The monoisotopic (exact) mass is 386 g/mol. The molecule has 3 aromatic rings. The number of aromatic nitrogens is 3. The molecule has 0 N–H and O–H groups in total. The van der Waals surface area contributed by atoms with Crippen LogP contribution in [-0.4, -0.2) is 32.5 Å². The minimum absolute atomic E-state index is 0.524. The van der Waals surface area contributed by atoms with E-state index in [1.165, 1.54) is 36.0 Å². The first-order chi connectivity index (χ1) is 12.7. The topological polar surface area (TPSA) is 34.0 Å². The van der Waals surface area contributed by atoms with Crippen LogP contribution in [0.1, 0.15) is 35.8 Å². The Morgan fingerprint density at radius 1 is 1.08 bits per heavy atom. The normalized spacial score (nSPS) is 19.7. The summed E-state index contributed by atoms with van der Waals surface area (Å²) in [7, 11) is 0. The number of pyridine rings is 2. The van der Waals surface area contributed by atoms with Crippen LogP contribution in [0.15, 0.2) is 30.6 Å². The van der Waals surface area contributed by atoms with E-state index in [9.17, 15) is 0 Å². The Bertz CT molecular complexity index is 964. The zero-order valence-corrected chi connectivity index (χ0v) is 16.0. The van der Waals surface area contributed by atoms with Crippen LogP contribution in [0, 0.1) is 0 Å². The van der Waals surface area contributed by atoms with Gasteiger partial charge in [0.25, 0.3) is 0 Å². The molecule has 0 amide bonds. The number of rotatable bonds is 3. The molecule has 5 rings (SSSR count). The Morgan fingerprint density at radius 2 is 1.96 bits per heavy atom. The molecule has 26 heavy (non-hydrogen) atoms. The van der Waals surface area contributed by atoms with Crippen molar-refractivity contribution in [1.82, 2.24) is 19.4 Å². The average molecular weight is 387 g/mol. The van der Waals surface area contributed by atoms with Crippen LogP contribution in [0.25, 0.3) is 11.0 Å². The third-order valence-corrected chi connectivity index (χ3v) is 6.16. The van der Waals surface area contributed by atoms with Gasteiger partial charge in [0.05, 0.1) is 10.0 Å². The quantitative estimate of drug-likeness (QED) is 0.655. The smallest absolute Gasteiger partial charge is 0.140 e. The Kier molecular flexibility index (Phi) is 4.15. The maximum absolute atomic E-state index is 6.29. The highest BCUT2D eigenvalue weighted by Gasteiger charge is 2.35. The first-order valence-electron chi connectivity index (χ1n) is 9.22. The lowest BCUT2D eigenvalue weighted by Gasteiger charge is -2.30. The largest absolute Gasteiger partial charge is 0.329 e. The molecule has 6 heteroatoms. The molecule has 0 radical (unpaired) electrons. The molecule has 0 aliphatic carbocycles. The van der Waals surface area contributed by atoms with Crippen LogP contribution >= 0.6 is 23.2 Å². The third kappa shape index (κ3) is 2.72. The summed E-state index contributed by atoms with van der Waals surface area (Å²) in [4.78, 5) is 11.8. The Balaban J connectivity index is 1.57. The number of hydrogen-bond donors (Lipinski definition) is 0. The molecular weight excluding hydrogens is 367 g/mol. The summed E-state index contributed by atoms with van der Waals surface area (Å²) in [5.74, 6) is 0. The first-order valence-corrected chi connectivity index (χ1v) is 9.97. The maximum Gasteiger partial charge on any atom is 0.140 e. The second-order valence-corrected chi connectivity index (χ2v) is 8.07. The van der Waals surface area contributed by atoms with Crippen molar-refractivity contribution in [3.63, 3.8) is 0 Å². The van der Waals surface area contributed by atoms with Gasteiger partial charge >= 0.3 is 0 Å². The summed E-state index contributed by atoms with van der Waals surface area (Å²) in [5, 5.41) is 2.62. The van der Waals surface area contributed by atoms with Gasteiger partial charge < -0.3 is 4.57 Å². The average Bonchev–Trinajstić information content (AvgIpc) is 3.23. The van der Waals surface area contributed by atoms with Gasteiger partial charge in [-0.1, -0.05) is 23.2 Å². The van der Waals surface area contributed by atoms with E-state index >= 15 is 0 Å². The van der Waals surface area contributed by atoms with E-state index in [-0.39, 0.29) is 0 Å². The fourth-order valence-corrected chi connectivity index (χ4v) is 4.88. The van der Waals surface area contributed by atoms with E-state index in [0.717, 1.165) is 37.3 Å². The zero-order chi connectivity index (χ0) is 17.7. The summed E-state index contributed by atoms with van der Waals surface area (Å²) < 4.78 is 2.40. The van der Waals surface area contributed by atoms with Gasteiger partial charge in [0.15, 0.2) is 0 Å². The summed E-state index contributed by atoms with van der Waals surface area (Å²) in [6, 6.07) is 6.53. The Hall–Kier alpha value is -1.62. The van der Waals surface area contributed by atoms with Crippen LogP contribution in [0.4, 0.5) is 0 Å². The highest BCUT2D eigenvalue weighted by atomic mass is 35.5. The highest BCUT2D eigenvalue weighted by molar-refractivity contribution is 6.31. The van der Waals surface area contributed by atoms with E-state index in [1.54, 1.807) is 12.4 Å². The summed E-state index contributed by atoms with van der Waals surface area (Å²) in [6.07, 6.45) is 7.93. The zero-order valence-electron chi connectivity index (χ0n) is 14.5. The van der Waals surface area contributed by atoms with E-state index in [4.69, 9.17) is 28.2 Å². The van der Waals surface area contributed by atoms with Crippen LogP contribution < -0.4 is 0 Å². The van der Waals surface area contributed by atoms with Crippen molar-refractivity contribution in [3.8, 4) is 0 Å². The minimum atomic E-state index is 0.524. The molecule has 2 aliphatic heterocycles. The number of fused-ring (bicyclic) bond motifs is 5. The Morgan fingerprint density at radius 3 is 2.81 bits per heavy atom. The van der Waals surface area contributed by atoms with Gasteiger partial charge in [0.1, 0.15) is 5.65 Å². The first kappa shape index (κ1) is 16.5. The molecule has 1 fully saturated rings. The predicted octanol–water partition coefficient (Wildman–Crippen LogP) is 4.67. The van der Waals surface area contributed by atoms with Crippen molar-refractivity contribution in [1.29, 1.82) is 0 Å². The lowest BCUT2D eigenvalue weighted by Crippen LogP contribution is -2.31. The molecular formula is C20H20Cl2N4. The van der Waals surface area contributed by atoms with Crippen LogP contribution in [0.2, 0.25) is 10.0 Å². The van der Waals surface area contributed by atoms with Crippen LogP contribution in [-0.2, 0) is 19.4 Å². The molecule has 0 saturated carbocycles. The molecule has 0 bridgehead atoms. The third-order valence-electron chi connectivity index (χ3n) is 5.73. The van der Waals surface area contributed by atoms with Crippen molar-refractivity contribution in [2.24, 2.45) is 0 Å². The molecule has 134 valence electrons. The van der Waals surface area contributed by atoms with Crippen molar-refractivity contribution < 1.29 is 0 Å². The SMILES string of the molecule is Clc1ccc(CCn2c3c(c4cc(Cl)cnc42)C2CCCN2CC3)nc1. The predicted molar refractivity (Wildman–Crippen MR) is 105 cm³/mol. The molecule has 0 aromatic carbocycles. The van der Waals surface area contributed by atoms with Gasteiger partial charge in [0.2, 0.25) is 0 Å². The fraction of sp³-hybridized carbons (Fsp3) is 0.400. The standard InChI is InChI=1S/C20H20Cl2N4/c21-13-3-4-15(23-11-13)5-9-26-18-6-8-25-7-1-2-17(25)19(18)16-10-14(22)12-24-20(16)26/h3-4,10-12,17H,1-2,5-9H2. The molecule has 1 atom stereocenters. The number of aryl methyl sites for hydroxylation is 2. The summed E-state index contributed by atoms with van der Waals surface area (Å²) >= 11 is 12.2. The van der Waals surface area contributed by atoms with E-state index in [0.29, 0.717) is 16.1 Å². The number of nitrogens with zero attached hydrogens (tertiary/aromatic N) is 4. The number of hydrogen-bond acceptors (Lipinski definition) is 3. The minimum Gasteiger partial charge on any atom is -0.329 e. The van der Waals surface area contributed by atoms with Gasteiger partial charge in [-0.2, -0.15) is 0 Å². The molecule has 3 aromatic heterocycles. The van der Waals surface area contributed by atoms with E-state index in [2.05, 4.69) is 20.5 Å². The van der Waals surface area contributed by atoms with Gasteiger partial charge in [-0.3, -0.25) is 9.88 Å². The molecule has 1 saturated heterocycles. The van der Waals surface area contributed by atoms with Crippen LogP contribution in [0.5, 0.6) is 0 Å². The fourth-order valence-electron chi connectivity index (χ4n) is 4.61. The molecule has 5 heterocycles. The number of halogens is 2. The van der Waals surface area contributed by atoms with Gasteiger partial charge in [0, 0.05) is 61.1 Å². The second-order valence-electron chi connectivity index (χ2n) is 7.20. The van der Waals surface area contributed by atoms with E-state index in [1.807, 2.05) is 12.1 Å². The van der Waals surface area contributed by atoms with Crippen molar-refractivity contribution >= 4 is 34.2 Å². The van der Waals surface area contributed by atoms with Gasteiger partial charge in [-0.25, -0.2) is 4.98 Å². The van der Waals surface area contributed by atoms with Crippen molar-refractivity contribution in [3.05, 3.63) is 57.6 Å². The van der Waals surface area contributed by atoms with Crippen molar-refractivity contribution in [2.45, 2.75) is 38.3 Å². The Labute approximate surface area is 162 Å². The summed E-state index contributed by atoms with van der Waals surface area (Å²) in [6.45, 7) is 3.22. The van der Waals surface area contributed by atoms with Gasteiger partial charge in [-0.05, 0) is 43.1 Å². The maximum atomic E-state index is 6.29. The van der Waals surface area contributed by atoms with E-state index < -0.39 is 0 Å². The molecule has 1 unspecified atom stereocenters. The molecule has 2 aliphatic rings. The molecule has 0 spiro atoms. The van der Waals surface area contributed by atoms with Gasteiger partial charge in [-0.15, -0.1) is 0 Å². The highest BCUT2D eigenvalue weighted by Crippen LogP contribution is 2.43. The lowest BCUT2D eigenvalue weighted by molar-refractivity contribution is 0.242. The summed E-state index contributed by atoms with van der Waals surface area (Å²) in [5.41, 5.74) is 5.01.